The van der Waals surface area contributed by atoms with Crippen LogP contribution in [0.4, 0.5) is 0 Å². The van der Waals surface area contributed by atoms with Gasteiger partial charge in [-0.3, -0.25) is 14.7 Å². The first-order valence-corrected chi connectivity index (χ1v) is 10.1. The summed E-state index contributed by atoms with van der Waals surface area (Å²) in [5, 5.41) is 7.14. The van der Waals surface area contributed by atoms with Crippen molar-refractivity contribution in [3.8, 4) is 0 Å². The molecule has 1 aromatic carbocycles. The lowest BCUT2D eigenvalue weighted by Crippen LogP contribution is -2.44. The minimum atomic E-state index is -0.165. The zero-order valence-corrected chi connectivity index (χ0v) is 16.9. The first-order valence-electron chi connectivity index (χ1n) is 10.1. The SMILES string of the molecule is CO[C@@H]1C[C@@H](c2n[nH]c(C)n2)N(C(=O)C2CCN(C(=O)c3ccccc3)CC2)C1. The van der Waals surface area contributed by atoms with E-state index in [9.17, 15) is 9.59 Å². The van der Waals surface area contributed by atoms with Gasteiger partial charge in [0.2, 0.25) is 5.91 Å². The molecule has 2 aromatic rings. The van der Waals surface area contributed by atoms with Gasteiger partial charge in [0.25, 0.3) is 5.91 Å². The van der Waals surface area contributed by atoms with Gasteiger partial charge in [0.05, 0.1) is 12.1 Å². The van der Waals surface area contributed by atoms with E-state index in [4.69, 9.17) is 4.74 Å². The van der Waals surface area contributed by atoms with Crippen LogP contribution in [-0.2, 0) is 9.53 Å². The lowest BCUT2D eigenvalue weighted by atomic mass is 9.94. The van der Waals surface area contributed by atoms with Crippen molar-refractivity contribution in [1.82, 2.24) is 25.0 Å². The summed E-state index contributed by atoms with van der Waals surface area (Å²) in [6.45, 7) is 3.59. The second-order valence-corrected chi connectivity index (χ2v) is 7.81. The maximum Gasteiger partial charge on any atom is 0.253 e. The van der Waals surface area contributed by atoms with Crippen molar-refractivity contribution in [3.05, 3.63) is 47.5 Å². The highest BCUT2D eigenvalue weighted by molar-refractivity contribution is 5.94. The number of nitrogens with one attached hydrogen (secondary N) is 1. The largest absolute Gasteiger partial charge is 0.380 e. The van der Waals surface area contributed by atoms with E-state index in [-0.39, 0.29) is 29.9 Å². The number of aryl methyl sites for hydroxylation is 1. The van der Waals surface area contributed by atoms with Crippen LogP contribution in [0, 0.1) is 12.8 Å². The van der Waals surface area contributed by atoms with E-state index < -0.39 is 0 Å². The van der Waals surface area contributed by atoms with E-state index in [0.717, 1.165) is 5.82 Å². The maximum absolute atomic E-state index is 13.3. The first kappa shape index (κ1) is 19.6. The summed E-state index contributed by atoms with van der Waals surface area (Å²) < 4.78 is 5.52. The predicted molar refractivity (Wildman–Crippen MR) is 106 cm³/mol. The Labute approximate surface area is 170 Å². The van der Waals surface area contributed by atoms with Crippen molar-refractivity contribution in [2.75, 3.05) is 26.7 Å². The van der Waals surface area contributed by atoms with E-state index >= 15 is 0 Å². The Hall–Kier alpha value is -2.74. The van der Waals surface area contributed by atoms with Gasteiger partial charge in [0, 0.05) is 44.6 Å². The van der Waals surface area contributed by atoms with Crippen LogP contribution in [0.25, 0.3) is 0 Å². The van der Waals surface area contributed by atoms with E-state index in [0.29, 0.717) is 50.3 Å². The number of hydrogen-bond acceptors (Lipinski definition) is 5. The summed E-state index contributed by atoms with van der Waals surface area (Å²) in [7, 11) is 1.67. The number of aromatic nitrogens is 3. The molecule has 0 saturated carbocycles. The summed E-state index contributed by atoms with van der Waals surface area (Å²) in [6, 6.07) is 9.14. The highest BCUT2D eigenvalue weighted by atomic mass is 16.5. The van der Waals surface area contributed by atoms with Gasteiger partial charge in [-0.1, -0.05) is 18.2 Å². The number of likely N-dealkylation sites (tertiary alicyclic amines) is 2. The lowest BCUT2D eigenvalue weighted by Gasteiger charge is -2.34. The van der Waals surface area contributed by atoms with Crippen LogP contribution in [0.5, 0.6) is 0 Å². The number of benzene rings is 1. The molecule has 2 aliphatic heterocycles. The van der Waals surface area contributed by atoms with Crippen LogP contribution in [0.2, 0.25) is 0 Å². The number of hydrogen-bond donors (Lipinski definition) is 1. The number of carbonyl (C=O) groups is 2. The van der Waals surface area contributed by atoms with Gasteiger partial charge < -0.3 is 14.5 Å². The number of ether oxygens (including phenoxy) is 1. The summed E-state index contributed by atoms with van der Waals surface area (Å²) in [5.41, 5.74) is 0.694. The molecule has 29 heavy (non-hydrogen) atoms. The second kappa shape index (κ2) is 8.32. The van der Waals surface area contributed by atoms with Crippen molar-refractivity contribution in [2.24, 2.45) is 5.92 Å². The highest BCUT2D eigenvalue weighted by Crippen LogP contribution is 2.34. The molecule has 3 heterocycles. The van der Waals surface area contributed by atoms with Crippen LogP contribution < -0.4 is 0 Å². The Morgan fingerprint density at radius 1 is 1.17 bits per heavy atom. The van der Waals surface area contributed by atoms with E-state index in [1.54, 1.807) is 7.11 Å². The molecule has 2 saturated heterocycles. The van der Waals surface area contributed by atoms with Crippen molar-refractivity contribution in [3.63, 3.8) is 0 Å². The molecule has 0 aliphatic carbocycles. The predicted octanol–water partition coefficient (Wildman–Crippen LogP) is 1.95. The summed E-state index contributed by atoms with van der Waals surface area (Å²) >= 11 is 0. The molecule has 2 atom stereocenters. The molecule has 1 N–H and O–H groups in total. The molecule has 154 valence electrons. The van der Waals surface area contributed by atoms with Gasteiger partial charge in [0.1, 0.15) is 5.82 Å². The Morgan fingerprint density at radius 3 is 2.52 bits per heavy atom. The Bertz CT molecular complexity index is 860. The van der Waals surface area contributed by atoms with E-state index in [1.165, 1.54) is 0 Å². The molecule has 8 heteroatoms. The molecule has 2 fully saturated rings. The minimum absolute atomic E-state index is 0.0116. The lowest BCUT2D eigenvalue weighted by molar-refractivity contribution is -0.138. The zero-order chi connectivity index (χ0) is 20.4. The molecule has 2 amide bonds. The molecule has 0 radical (unpaired) electrons. The molecule has 2 aliphatic rings. The first-order chi connectivity index (χ1) is 14.1. The second-order valence-electron chi connectivity index (χ2n) is 7.81. The third-order valence-corrected chi connectivity index (χ3v) is 5.94. The van der Waals surface area contributed by atoms with Crippen LogP contribution in [0.1, 0.15) is 47.3 Å². The minimum Gasteiger partial charge on any atom is -0.380 e. The highest BCUT2D eigenvalue weighted by Gasteiger charge is 2.41. The Morgan fingerprint density at radius 2 is 1.90 bits per heavy atom. The summed E-state index contributed by atoms with van der Waals surface area (Å²) in [6.07, 6.45) is 2.03. The molecule has 4 rings (SSSR count). The van der Waals surface area contributed by atoms with Crippen molar-refractivity contribution < 1.29 is 14.3 Å². The summed E-state index contributed by atoms with van der Waals surface area (Å²) in [4.78, 5) is 34.1. The number of nitrogens with zero attached hydrogens (tertiary/aromatic N) is 4. The normalized spacial score (nSPS) is 22.8. The smallest absolute Gasteiger partial charge is 0.253 e. The molecule has 1 aromatic heterocycles. The third kappa shape index (κ3) is 4.03. The molecule has 0 bridgehead atoms. The van der Waals surface area contributed by atoms with Crippen LogP contribution >= 0.6 is 0 Å². The number of rotatable bonds is 4. The monoisotopic (exact) mass is 397 g/mol. The molecular formula is C21H27N5O3. The van der Waals surface area contributed by atoms with Crippen molar-refractivity contribution in [1.29, 1.82) is 0 Å². The number of aromatic amines is 1. The molecule has 0 unspecified atom stereocenters. The average Bonchev–Trinajstić information content (AvgIpc) is 3.39. The topological polar surface area (TPSA) is 91.4 Å². The van der Waals surface area contributed by atoms with Crippen molar-refractivity contribution in [2.45, 2.75) is 38.3 Å². The Balaban J connectivity index is 1.41. The molecule has 8 nitrogen and oxygen atoms in total. The zero-order valence-electron chi connectivity index (χ0n) is 16.9. The number of piperidine rings is 1. The number of H-pyrrole nitrogens is 1. The van der Waals surface area contributed by atoms with Crippen LogP contribution in [-0.4, -0.2) is 69.6 Å². The molecule has 0 spiro atoms. The quantitative estimate of drug-likeness (QED) is 0.852. The summed E-state index contributed by atoms with van der Waals surface area (Å²) in [5.74, 6) is 1.44. The number of methoxy groups -OCH3 is 1. The fourth-order valence-corrected chi connectivity index (χ4v) is 4.29. The molecular weight excluding hydrogens is 370 g/mol. The van der Waals surface area contributed by atoms with Gasteiger partial charge in [-0.25, -0.2) is 4.98 Å². The van der Waals surface area contributed by atoms with Gasteiger partial charge in [-0.2, -0.15) is 5.10 Å². The van der Waals surface area contributed by atoms with Crippen LogP contribution in [0.3, 0.4) is 0 Å². The Kier molecular flexibility index (Phi) is 5.62. The number of carbonyl (C=O) groups excluding carboxylic acids is 2. The fraction of sp³-hybridized carbons (Fsp3) is 0.524. The van der Waals surface area contributed by atoms with Gasteiger partial charge in [-0.05, 0) is 31.9 Å². The third-order valence-electron chi connectivity index (χ3n) is 5.94. The maximum atomic E-state index is 13.3. The number of amides is 2. The van der Waals surface area contributed by atoms with Crippen LogP contribution in [0.15, 0.2) is 30.3 Å². The van der Waals surface area contributed by atoms with E-state index in [2.05, 4.69) is 15.2 Å². The van der Waals surface area contributed by atoms with Gasteiger partial charge in [-0.15, -0.1) is 0 Å². The fourth-order valence-electron chi connectivity index (χ4n) is 4.29. The van der Waals surface area contributed by atoms with Gasteiger partial charge >= 0.3 is 0 Å². The average molecular weight is 397 g/mol. The van der Waals surface area contributed by atoms with E-state index in [1.807, 2.05) is 47.1 Å². The standard InChI is InChI=1S/C21H27N5O3/c1-14-22-19(24-23-14)18-12-17(29-2)13-26(18)21(28)16-8-10-25(11-9-16)20(27)15-6-4-3-5-7-15/h3-7,16-18H,8-13H2,1-2H3,(H,22,23,24)/t17-,18+/m1/s1. The van der Waals surface area contributed by atoms with Gasteiger partial charge in [0.15, 0.2) is 5.82 Å². The van der Waals surface area contributed by atoms with Crippen molar-refractivity contribution >= 4 is 11.8 Å².